The summed E-state index contributed by atoms with van der Waals surface area (Å²) in [5.74, 6) is -1.63. The quantitative estimate of drug-likeness (QED) is 0.207. The molecule has 0 fully saturated rings. The van der Waals surface area contributed by atoms with Crippen LogP contribution >= 0.6 is 0 Å². The number of hydrogen-bond acceptors (Lipinski definition) is 7. The summed E-state index contributed by atoms with van der Waals surface area (Å²) in [7, 11) is -3.38. The molecule has 0 bridgehead atoms. The fourth-order valence-corrected chi connectivity index (χ4v) is 4.65. The van der Waals surface area contributed by atoms with Crippen LogP contribution < -0.4 is 21.3 Å². The Balaban J connectivity index is 2.94. The summed E-state index contributed by atoms with van der Waals surface area (Å²) in [6, 6.07) is 5.73. The van der Waals surface area contributed by atoms with Gasteiger partial charge in [-0.2, -0.15) is 0 Å². The van der Waals surface area contributed by atoms with Crippen LogP contribution in [-0.4, -0.2) is 62.7 Å². The number of carbonyl (C=O) groups excluding carboxylic acids is 4. The second-order valence-corrected chi connectivity index (χ2v) is 13.8. The van der Waals surface area contributed by atoms with E-state index >= 15 is 0 Å². The third-order valence-electron chi connectivity index (χ3n) is 6.68. The minimum absolute atomic E-state index is 0.0302. The Labute approximate surface area is 256 Å². The third kappa shape index (κ3) is 15.6. The van der Waals surface area contributed by atoms with Crippen molar-refractivity contribution in [1.82, 2.24) is 21.3 Å². The summed E-state index contributed by atoms with van der Waals surface area (Å²) >= 11 is 0. The second-order valence-electron chi connectivity index (χ2n) is 11.9. The first-order valence-electron chi connectivity index (χ1n) is 14.8. The van der Waals surface area contributed by atoms with Crippen molar-refractivity contribution in [2.24, 2.45) is 17.8 Å². The number of hydrogen-bond donors (Lipinski definition) is 4. The van der Waals surface area contributed by atoms with E-state index in [1.54, 1.807) is 0 Å². The molecule has 0 aliphatic carbocycles. The fourth-order valence-electron chi connectivity index (χ4n) is 4.18. The van der Waals surface area contributed by atoms with Crippen LogP contribution in [-0.2, 0) is 35.6 Å². The van der Waals surface area contributed by atoms with Gasteiger partial charge in [0.1, 0.15) is 24.7 Å². The Hall–Kier alpha value is -3.41. The van der Waals surface area contributed by atoms with Gasteiger partial charge in [0.05, 0.1) is 0 Å². The zero-order valence-corrected chi connectivity index (χ0v) is 27.5. The first kappa shape index (κ1) is 37.6. The average Bonchev–Trinajstić information content (AvgIpc) is 2.92. The van der Waals surface area contributed by atoms with Crippen molar-refractivity contribution in [2.75, 3.05) is 6.26 Å². The first-order chi connectivity index (χ1) is 20.0. The maximum absolute atomic E-state index is 13.4. The van der Waals surface area contributed by atoms with E-state index in [-0.39, 0.29) is 24.4 Å². The largest absolute Gasteiger partial charge is 0.445 e. The van der Waals surface area contributed by atoms with Crippen LogP contribution in [0.5, 0.6) is 0 Å². The van der Waals surface area contributed by atoms with Gasteiger partial charge >= 0.3 is 6.09 Å². The molecule has 0 aromatic heterocycles. The molecule has 5 atom stereocenters. The fraction of sp³-hybridized carbons (Fsp3) is 0.613. The van der Waals surface area contributed by atoms with E-state index in [1.165, 1.54) is 13.0 Å². The topological polar surface area (TPSA) is 160 Å². The molecule has 0 aliphatic heterocycles. The predicted molar refractivity (Wildman–Crippen MR) is 167 cm³/mol. The van der Waals surface area contributed by atoms with Gasteiger partial charge in [-0.3, -0.25) is 14.4 Å². The van der Waals surface area contributed by atoms with Crippen molar-refractivity contribution in [3.05, 3.63) is 47.4 Å². The SMILES string of the molecule is CC[C@H](C)[C@H](NC(=O)OCc1ccccc1)C(=O)N[C@@H](CC(C)C)C(=O)N[C@@H](C)C(=O)N[C@H](/C=C/S(C)(=O)=O)CC(C)C. The van der Waals surface area contributed by atoms with Crippen LogP contribution in [0.15, 0.2) is 41.8 Å². The van der Waals surface area contributed by atoms with Crippen LogP contribution in [0, 0.1) is 17.8 Å². The number of nitrogens with one attached hydrogen (secondary N) is 4. The summed E-state index contributed by atoms with van der Waals surface area (Å²) < 4.78 is 28.5. The second kappa shape index (κ2) is 18.3. The molecule has 1 aromatic rings. The van der Waals surface area contributed by atoms with Gasteiger partial charge in [0.25, 0.3) is 0 Å². The monoisotopic (exact) mass is 622 g/mol. The minimum Gasteiger partial charge on any atom is -0.445 e. The molecule has 1 aromatic carbocycles. The molecule has 0 heterocycles. The van der Waals surface area contributed by atoms with Gasteiger partial charge < -0.3 is 26.0 Å². The van der Waals surface area contributed by atoms with E-state index in [0.29, 0.717) is 19.3 Å². The maximum atomic E-state index is 13.4. The van der Waals surface area contributed by atoms with Crippen LogP contribution in [0.3, 0.4) is 0 Å². The van der Waals surface area contributed by atoms with Gasteiger partial charge in [-0.1, -0.05) is 84.4 Å². The van der Waals surface area contributed by atoms with Crippen molar-refractivity contribution >= 4 is 33.7 Å². The Bertz CT molecular complexity index is 1190. The number of rotatable bonds is 17. The van der Waals surface area contributed by atoms with Gasteiger partial charge in [0, 0.05) is 17.7 Å². The lowest BCUT2D eigenvalue weighted by Crippen LogP contribution is -2.58. The smallest absolute Gasteiger partial charge is 0.408 e. The molecular formula is C31H50N4O7S. The van der Waals surface area contributed by atoms with Crippen LogP contribution in [0.4, 0.5) is 4.79 Å². The summed E-state index contributed by atoms with van der Waals surface area (Å²) in [5.41, 5.74) is 0.802. The maximum Gasteiger partial charge on any atom is 0.408 e. The minimum atomic E-state index is -3.38. The summed E-state index contributed by atoms with van der Waals surface area (Å²) in [4.78, 5) is 52.1. The highest BCUT2D eigenvalue weighted by Crippen LogP contribution is 2.12. The highest BCUT2D eigenvalue weighted by molar-refractivity contribution is 7.93. The molecule has 4 N–H and O–H groups in total. The molecule has 43 heavy (non-hydrogen) atoms. The van der Waals surface area contributed by atoms with E-state index in [2.05, 4.69) is 21.3 Å². The Morgan fingerprint density at radius 2 is 1.42 bits per heavy atom. The van der Waals surface area contributed by atoms with Crippen molar-refractivity contribution in [2.45, 2.75) is 98.5 Å². The van der Waals surface area contributed by atoms with Gasteiger partial charge in [0.15, 0.2) is 9.84 Å². The number of carbonyl (C=O) groups is 4. The lowest BCUT2D eigenvalue weighted by molar-refractivity contribution is -0.133. The van der Waals surface area contributed by atoms with Gasteiger partial charge in [-0.05, 0) is 43.1 Å². The molecule has 0 unspecified atom stereocenters. The van der Waals surface area contributed by atoms with Crippen molar-refractivity contribution < 1.29 is 32.3 Å². The van der Waals surface area contributed by atoms with Gasteiger partial charge in [0.2, 0.25) is 17.7 Å². The molecule has 4 amide bonds. The molecule has 0 aliphatic rings. The van der Waals surface area contributed by atoms with E-state index in [4.69, 9.17) is 4.74 Å². The number of benzene rings is 1. The molecule has 11 nitrogen and oxygen atoms in total. The molecule has 0 saturated heterocycles. The molecule has 0 saturated carbocycles. The van der Waals surface area contributed by atoms with Crippen LogP contribution in [0.25, 0.3) is 0 Å². The van der Waals surface area contributed by atoms with Crippen LogP contribution in [0.2, 0.25) is 0 Å². The molecule has 0 radical (unpaired) electrons. The summed E-state index contributed by atoms with van der Waals surface area (Å²) in [6.07, 6.45) is 3.13. The van der Waals surface area contributed by atoms with E-state index in [0.717, 1.165) is 17.2 Å². The zero-order chi connectivity index (χ0) is 32.7. The summed E-state index contributed by atoms with van der Waals surface area (Å²) in [5, 5.41) is 11.9. The Morgan fingerprint density at radius 1 is 0.814 bits per heavy atom. The van der Waals surface area contributed by atoms with E-state index in [1.807, 2.05) is 71.9 Å². The predicted octanol–water partition coefficient (Wildman–Crippen LogP) is 3.45. The molecule has 0 spiro atoms. The molecule has 12 heteroatoms. The van der Waals surface area contributed by atoms with Crippen molar-refractivity contribution in [1.29, 1.82) is 0 Å². The molecule has 1 rings (SSSR count). The molecular weight excluding hydrogens is 572 g/mol. The number of amides is 4. The standard InChI is InChI=1S/C31H50N4O7S/c1-9-22(6)27(35-31(39)42-19-24-13-11-10-12-14-24)30(38)34-26(18-21(4)5)29(37)32-23(7)28(36)33-25(17-20(2)3)15-16-43(8,40)41/h10-16,20-23,25-27H,9,17-19H2,1-8H3,(H,32,37)(H,33,36)(H,34,38)(H,35,39)/b16-15+/t22-,23-,25+,26-,27-/m0/s1. The normalized spacial score (nSPS) is 15.3. The van der Waals surface area contributed by atoms with Crippen molar-refractivity contribution in [3.63, 3.8) is 0 Å². The third-order valence-corrected chi connectivity index (χ3v) is 7.34. The number of alkyl carbamates (subject to hydrolysis) is 1. The molecule has 242 valence electrons. The summed E-state index contributed by atoms with van der Waals surface area (Å²) in [6.45, 7) is 13.0. The Kier molecular flexibility index (Phi) is 16.0. The highest BCUT2D eigenvalue weighted by atomic mass is 32.2. The zero-order valence-electron chi connectivity index (χ0n) is 26.7. The average molecular weight is 623 g/mol. The lowest BCUT2D eigenvalue weighted by atomic mass is 9.97. The van der Waals surface area contributed by atoms with Crippen molar-refractivity contribution in [3.8, 4) is 0 Å². The number of sulfone groups is 1. The van der Waals surface area contributed by atoms with E-state index < -0.39 is 57.8 Å². The van der Waals surface area contributed by atoms with E-state index in [9.17, 15) is 27.6 Å². The van der Waals surface area contributed by atoms with Crippen LogP contribution in [0.1, 0.15) is 73.3 Å². The number of ether oxygens (including phenoxy) is 1. The Morgan fingerprint density at radius 3 is 1.95 bits per heavy atom. The van der Waals surface area contributed by atoms with Gasteiger partial charge in [-0.25, -0.2) is 13.2 Å². The highest BCUT2D eigenvalue weighted by Gasteiger charge is 2.32. The lowest BCUT2D eigenvalue weighted by Gasteiger charge is -2.28. The first-order valence-corrected chi connectivity index (χ1v) is 16.7. The van der Waals surface area contributed by atoms with Gasteiger partial charge in [-0.15, -0.1) is 0 Å².